The SMILES string of the molecule is O=C(N[C@H](CO)Cc1ccccc1)c1ccccc1O. The molecule has 0 aromatic heterocycles. The van der Waals surface area contributed by atoms with Crippen LogP contribution in [0.3, 0.4) is 0 Å². The van der Waals surface area contributed by atoms with E-state index in [0.717, 1.165) is 5.56 Å². The largest absolute Gasteiger partial charge is 0.507 e. The Balaban J connectivity index is 2.03. The molecule has 0 spiro atoms. The first kappa shape index (κ1) is 14.1. The van der Waals surface area contributed by atoms with E-state index in [1.807, 2.05) is 30.3 Å². The Morgan fingerprint density at radius 1 is 1.05 bits per heavy atom. The molecule has 1 atom stereocenters. The van der Waals surface area contributed by atoms with Gasteiger partial charge in [-0.05, 0) is 24.1 Å². The number of aliphatic hydroxyl groups excluding tert-OH is 1. The minimum absolute atomic E-state index is 0.0681. The summed E-state index contributed by atoms with van der Waals surface area (Å²) in [5.41, 5.74) is 1.24. The molecule has 2 aromatic rings. The van der Waals surface area contributed by atoms with E-state index in [1.54, 1.807) is 18.2 Å². The molecule has 4 nitrogen and oxygen atoms in total. The number of phenolic OH excluding ortho intramolecular Hbond substituents is 1. The van der Waals surface area contributed by atoms with E-state index >= 15 is 0 Å². The average molecular weight is 271 g/mol. The number of carbonyl (C=O) groups excluding carboxylic acids is 1. The second kappa shape index (κ2) is 6.73. The number of rotatable bonds is 5. The van der Waals surface area contributed by atoms with Gasteiger partial charge in [0.25, 0.3) is 5.91 Å². The van der Waals surface area contributed by atoms with Crippen LogP contribution in [0.2, 0.25) is 0 Å². The van der Waals surface area contributed by atoms with Crippen LogP contribution in [-0.2, 0) is 6.42 Å². The summed E-state index contributed by atoms with van der Waals surface area (Å²) in [7, 11) is 0. The molecule has 2 rings (SSSR count). The number of carbonyl (C=O) groups is 1. The van der Waals surface area contributed by atoms with Crippen molar-refractivity contribution in [3.05, 3.63) is 65.7 Å². The van der Waals surface area contributed by atoms with Crippen LogP contribution >= 0.6 is 0 Å². The van der Waals surface area contributed by atoms with Crippen molar-refractivity contribution in [2.75, 3.05) is 6.61 Å². The van der Waals surface area contributed by atoms with E-state index in [4.69, 9.17) is 0 Å². The Kier molecular flexibility index (Phi) is 4.74. The Morgan fingerprint density at radius 2 is 1.70 bits per heavy atom. The molecule has 20 heavy (non-hydrogen) atoms. The lowest BCUT2D eigenvalue weighted by Crippen LogP contribution is -2.39. The highest BCUT2D eigenvalue weighted by molar-refractivity contribution is 5.96. The summed E-state index contributed by atoms with van der Waals surface area (Å²) >= 11 is 0. The van der Waals surface area contributed by atoms with Gasteiger partial charge in [-0.2, -0.15) is 0 Å². The summed E-state index contributed by atoms with van der Waals surface area (Å²) in [6.45, 7) is -0.159. The minimum atomic E-state index is -0.391. The van der Waals surface area contributed by atoms with Gasteiger partial charge in [0, 0.05) is 0 Å². The summed E-state index contributed by atoms with van der Waals surface area (Å²) in [4.78, 5) is 12.0. The Labute approximate surface area is 117 Å². The molecular formula is C16H17NO3. The molecule has 0 aliphatic carbocycles. The Morgan fingerprint density at radius 3 is 2.35 bits per heavy atom. The number of benzene rings is 2. The van der Waals surface area contributed by atoms with Gasteiger partial charge in [-0.3, -0.25) is 4.79 Å². The summed E-state index contributed by atoms with van der Waals surface area (Å²) in [5, 5.41) is 21.7. The molecule has 3 N–H and O–H groups in total. The molecule has 0 radical (unpaired) electrons. The second-order valence-corrected chi connectivity index (χ2v) is 4.56. The van der Waals surface area contributed by atoms with Crippen molar-refractivity contribution in [2.24, 2.45) is 0 Å². The minimum Gasteiger partial charge on any atom is -0.507 e. The molecule has 0 heterocycles. The number of phenols is 1. The third kappa shape index (κ3) is 3.59. The van der Waals surface area contributed by atoms with Crippen LogP contribution < -0.4 is 5.32 Å². The highest BCUT2D eigenvalue weighted by Gasteiger charge is 2.15. The van der Waals surface area contributed by atoms with Crippen LogP contribution in [0.4, 0.5) is 0 Å². The number of nitrogens with one attached hydrogen (secondary N) is 1. The average Bonchev–Trinajstić information content (AvgIpc) is 2.48. The number of aromatic hydroxyl groups is 1. The first-order valence-electron chi connectivity index (χ1n) is 6.44. The van der Waals surface area contributed by atoms with Crippen molar-refractivity contribution in [3.8, 4) is 5.75 Å². The summed E-state index contributed by atoms with van der Waals surface area (Å²) in [5.74, 6) is -0.459. The molecule has 0 unspecified atom stereocenters. The fourth-order valence-electron chi connectivity index (χ4n) is 1.99. The Bertz CT molecular complexity index is 569. The second-order valence-electron chi connectivity index (χ2n) is 4.56. The quantitative estimate of drug-likeness (QED) is 0.775. The third-order valence-corrected chi connectivity index (χ3v) is 3.03. The van der Waals surface area contributed by atoms with Crippen molar-refractivity contribution in [3.63, 3.8) is 0 Å². The summed E-state index contributed by atoms with van der Waals surface area (Å²) in [6, 6.07) is 15.6. The molecule has 0 aliphatic heterocycles. The fraction of sp³-hybridized carbons (Fsp3) is 0.188. The number of amides is 1. The molecule has 0 fully saturated rings. The van der Waals surface area contributed by atoms with Crippen molar-refractivity contribution in [1.29, 1.82) is 0 Å². The Hall–Kier alpha value is -2.33. The van der Waals surface area contributed by atoms with Gasteiger partial charge >= 0.3 is 0 Å². The van der Waals surface area contributed by atoms with E-state index in [9.17, 15) is 15.0 Å². The third-order valence-electron chi connectivity index (χ3n) is 3.03. The van der Waals surface area contributed by atoms with Crippen LogP contribution in [0.1, 0.15) is 15.9 Å². The van der Waals surface area contributed by atoms with Gasteiger partial charge in [-0.1, -0.05) is 42.5 Å². The lowest BCUT2D eigenvalue weighted by atomic mass is 10.1. The maximum atomic E-state index is 12.0. The predicted molar refractivity (Wildman–Crippen MR) is 76.6 cm³/mol. The van der Waals surface area contributed by atoms with E-state index in [2.05, 4.69) is 5.32 Å². The molecule has 1 amide bonds. The van der Waals surface area contributed by atoms with Crippen LogP contribution in [0.25, 0.3) is 0 Å². The summed E-state index contributed by atoms with van der Waals surface area (Å²) < 4.78 is 0. The molecular weight excluding hydrogens is 254 g/mol. The summed E-state index contributed by atoms with van der Waals surface area (Å²) in [6.07, 6.45) is 0.538. The van der Waals surface area contributed by atoms with Crippen molar-refractivity contribution >= 4 is 5.91 Å². The zero-order chi connectivity index (χ0) is 14.4. The van der Waals surface area contributed by atoms with E-state index in [0.29, 0.717) is 6.42 Å². The van der Waals surface area contributed by atoms with Crippen molar-refractivity contribution < 1.29 is 15.0 Å². The van der Waals surface area contributed by atoms with Gasteiger partial charge in [0.2, 0.25) is 0 Å². The molecule has 4 heteroatoms. The lowest BCUT2D eigenvalue weighted by molar-refractivity contribution is 0.0914. The highest BCUT2D eigenvalue weighted by atomic mass is 16.3. The smallest absolute Gasteiger partial charge is 0.255 e. The van der Waals surface area contributed by atoms with E-state index in [1.165, 1.54) is 6.07 Å². The molecule has 0 saturated carbocycles. The number of aliphatic hydroxyl groups is 1. The molecule has 0 saturated heterocycles. The first-order chi connectivity index (χ1) is 9.70. The molecule has 2 aromatic carbocycles. The standard InChI is InChI=1S/C16H17NO3/c18-11-13(10-12-6-2-1-3-7-12)17-16(20)14-8-4-5-9-15(14)19/h1-9,13,18-19H,10-11H2,(H,17,20)/t13-/m0/s1. The van der Waals surface area contributed by atoms with E-state index in [-0.39, 0.29) is 24.0 Å². The predicted octanol–water partition coefficient (Wildman–Crippen LogP) is 1.73. The van der Waals surface area contributed by atoms with Gasteiger partial charge < -0.3 is 15.5 Å². The lowest BCUT2D eigenvalue weighted by Gasteiger charge is -2.16. The normalized spacial score (nSPS) is 11.8. The maximum absolute atomic E-state index is 12.0. The number of para-hydroxylation sites is 1. The van der Waals surface area contributed by atoms with E-state index < -0.39 is 5.91 Å². The number of hydrogen-bond donors (Lipinski definition) is 3. The van der Waals surface area contributed by atoms with Gasteiger partial charge in [0.1, 0.15) is 5.75 Å². The molecule has 0 aliphatic rings. The molecule has 104 valence electrons. The first-order valence-corrected chi connectivity index (χ1v) is 6.44. The van der Waals surface area contributed by atoms with Crippen molar-refractivity contribution in [1.82, 2.24) is 5.32 Å². The number of hydrogen-bond acceptors (Lipinski definition) is 3. The van der Waals surface area contributed by atoms with Gasteiger partial charge in [-0.15, -0.1) is 0 Å². The van der Waals surface area contributed by atoms with Crippen LogP contribution in [-0.4, -0.2) is 28.8 Å². The van der Waals surface area contributed by atoms with Crippen LogP contribution in [0, 0.1) is 0 Å². The van der Waals surface area contributed by atoms with Gasteiger partial charge in [0.05, 0.1) is 18.2 Å². The molecule has 0 bridgehead atoms. The maximum Gasteiger partial charge on any atom is 0.255 e. The zero-order valence-corrected chi connectivity index (χ0v) is 11.0. The van der Waals surface area contributed by atoms with Crippen molar-refractivity contribution in [2.45, 2.75) is 12.5 Å². The van der Waals surface area contributed by atoms with Crippen LogP contribution in [0.15, 0.2) is 54.6 Å². The topological polar surface area (TPSA) is 69.6 Å². The highest BCUT2D eigenvalue weighted by Crippen LogP contribution is 2.15. The van der Waals surface area contributed by atoms with Crippen LogP contribution in [0.5, 0.6) is 5.75 Å². The monoisotopic (exact) mass is 271 g/mol. The van der Waals surface area contributed by atoms with Gasteiger partial charge in [0.15, 0.2) is 0 Å². The zero-order valence-electron chi connectivity index (χ0n) is 11.0. The fourth-order valence-corrected chi connectivity index (χ4v) is 1.99. The van der Waals surface area contributed by atoms with Gasteiger partial charge in [-0.25, -0.2) is 0 Å².